The van der Waals surface area contributed by atoms with E-state index in [-0.39, 0.29) is 28.9 Å². The van der Waals surface area contributed by atoms with Gasteiger partial charge in [-0.2, -0.15) is 0 Å². The normalized spacial score (nSPS) is 14.0. The Morgan fingerprint density at radius 3 is 2.69 bits per heavy atom. The molecule has 0 aliphatic carbocycles. The van der Waals surface area contributed by atoms with Gasteiger partial charge in [-0.1, -0.05) is 29.8 Å². The molecule has 9 heteroatoms. The van der Waals surface area contributed by atoms with E-state index < -0.39 is 5.82 Å². The second kappa shape index (κ2) is 12.0. The Labute approximate surface area is 209 Å². The molecule has 2 aromatic carbocycles. The average Bonchev–Trinajstić information content (AvgIpc) is 2.88. The van der Waals surface area contributed by atoms with Crippen LogP contribution in [0, 0.1) is 5.82 Å². The van der Waals surface area contributed by atoms with Crippen LogP contribution in [0.15, 0.2) is 54.7 Å². The van der Waals surface area contributed by atoms with E-state index in [1.165, 1.54) is 12.1 Å². The van der Waals surface area contributed by atoms with Crippen LogP contribution >= 0.6 is 11.6 Å². The summed E-state index contributed by atoms with van der Waals surface area (Å²) >= 11 is 6.07. The molecule has 0 spiro atoms. The number of anilines is 1. The zero-order valence-corrected chi connectivity index (χ0v) is 20.1. The summed E-state index contributed by atoms with van der Waals surface area (Å²) in [6.45, 7) is 4.92. The summed E-state index contributed by atoms with van der Waals surface area (Å²) in [4.78, 5) is 19.0. The summed E-state index contributed by atoms with van der Waals surface area (Å²) in [7, 11) is 0. The van der Waals surface area contributed by atoms with Crippen LogP contribution in [0.1, 0.15) is 22.3 Å². The van der Waals surface area contributed by atoms with Crippen molar-refractivity contribution in [3.8, 4) is 16.9 Å². The van der Waals surface area contributed by atoms with Crippen molar-refractivity contribution in [1.29, 1.82) is 0 Å². The van der Waals surface area contributed by atoms with Crippen molar-refractivity contribution < 1.29 is 18.7 Å². The lowest BCUT2D eigenvalue weighted by atomic mass is 10.0. The number of pyridine rings is 1. The van der Waals surface area contributed by atoms with Gasteiger partial charge in [-0.3, -0.25) is 9.69 Å². The third-order valence-corrected chi connectivity index (χ3v) is 6.19. The number of carbonyl (C=O) groups excluding carboxylic acids is 1. The highest BCUT2D eigenvalue weighted by Crippen LogP contribution is 2.29. The fourth-order valence-corrected chi connectivity index (χ4v) is 4.01. The SMILES string of the molecule is Nc1ncc(-c2ccc(C(=O)NCCCN3CCOCC3)cc2)cc1OCc1c(F)cccc1Cl. The Hall–Kier alpha value is -3.20. The molecule has 0 radical (unpaired) electrons. The molecule has 1 saturated heterocycles. The highest BCUT2D eigenvalue weighted by Gasteiger charge is 2.13. The molecule has 0 unspecified atom stereocenters. The van der Waals surface area contributed by atoms with E-state index in [9.17, 15) is 9.18 Å². The van der Waals surface area contributed by atoms with Crippen molar-refractivity contribution in [3.05, 3.63) is 76.7 Å². The zero-order valence-electron chi connectivity index (χ0n) is 19.3. The number of nitrogen functional groups attached to an aromatic ring is 1. The van der Waals surface area contributed by atoms with Gasteiger partial charge < -0.3 is 20.5 Å². The summed E-state index contributed by atoms with van der Waals surface area (Å²) in [5, 5.41) is 3.25. The molecule has 4 rings (SSSR count). The first kappa shape index (κ1) is 24.9. The third kappa shape index (κ3) is 6.69. The van der Waals surface area contributed by atoms with Crippen LogP contribution in [0.5, 0.6) is 5.75 Å². The number of aromatic nitrogens is 1. The molecule has 0 bridgehead atoms. The van der Waals surface area contributed by atoms with E-state index in [0.29, 0.717) is 17.9 Å². The van der Waals surface area contributed by atoms with Crippen LogP contribution in [0.3, 0.4) is 0 Å². The number of nitrogens with two attached hydrogens (primary N) is 1. The van der Waals surface area contributed by atoms with Gasteiger partial charge in [-0.15, -0.1) is 0 Å². The first-order chi connectivity index (χ1) is 17.0. The number of hydrogen-bond donors (Lipinski definition) is 2. The number of benzene rings is 2. The maximum Gasteiger partial charge on any atom is 0.251 e. The minimum atomic E-state index is -0.449. The number of carbonyl (C=O) groups is 1. The number of hydrogen-bond acceptors (Lipinski definition) is 6. The predicted octanol–water partition coefficient (Wildman–Crippen LogP) is 4.15. The molecule has 3 N–H and O–H groups in total. The van der Waals surface area contributed by atoms with Crippen molar-refractivity contribution in [2.24, 2.45) is 0 Å². The van der Waals surface area contributed by atoms with Gasteiger partial charge in [0.2, 0.25) is 0 Å². The smallest absolute Gasteiger partial charge is 0.251 e. The molecule has 1 aliphatic heterocycles. The van der Waals surface area contributed by atoms with E-state index in [2.05, 4.69) is 15.2 Å². The van der Waals surface area contributed by atoms with Crippen molar-refractivity contribution >= 4 is 23.3 Å². The lowest BCUT2D eigenvalue weighted by Gasteiger charge is -2.26. The second-order valence-corrected chi connectivity index (χ2v) is 8.64. The largest absolute Gasteiger partial charge is 0.485 e. The number of rotatable bonds is 9. The molecule has 0 saturated carbocycles. The molecular weight excluding hydrogens is 471 g/mol. The van der Waals surface area contributed by atoms with E-state index in [0.717, 1.165) is 50.4 Å². The number of amides is 1. The fourth-order valence-electron chi connectivity index (χ4n) is 3.79. The van der Waals surface area contributed by atoms with Crippen LogP contribution < -0.4 is 15.8 Å². The molecule has 35 heavy (non-hydrogen) atoms. The van der Waals surface area contributed by atoms with Crippen molar-refractivity contribution in [2.75, 3.05) is 45.1 Å². The molecule has 0 atom stereocenters. The van der Waals surface area contributed by atoms with Gasteiger partial charge in [0.1, 0.15) is 12.4 Å². The topological polar surface area (TPSA) is 89.7 Å². The molecule has 3 aromatic rings. The third-order valence-electron chi connectivity index (χ3n) is 5.84. The number of ether oxygens (including phenoxy) is 2. The molecule has 2 heterocycles. The summed E-state index contributed by atoms with van der Waals surface area (Å²) in [6, 6.07) is 13.4. The van der Waals surface area contributed by atoms with E-state index in [1.54, 1.807) is 30.5 Å². The number of nitrogens with one attached hydrogen (secondary N) is 1. The molecule has 1 fully saturated rings. The van der Waals surface area contributed by atoms with Crippen molar-refractivity contribution in [1.82, 2.24) is 15.2 Å². The molecule has 184 valence electrons. The summed E-state index contributed by atoms with van der Waals surface area (Å²) in [5.74, 6) is -0.0481. The minimum Gasteiger partial charge on any atom is -0.485 e. The van der Waals surface area contributed by atoms with Gasteiger partial charge in [0.15, 0.2) is 11.6 Å². The zero-order chi connectivity index (χ0) is 24.6. The molecule has 1 aromatic heterocycles. The Kier molecular flexibility index (Phi) is 8.52. The fraction of sp³-hybridized carbons (Fsp3) is 0.308. The van der Waals surface area contributed by atoms with Gasteiger partial charge in [0, 0.05) is 42.5 Å². The molecular formula is C26H28ClFN4O3. The Morgan fingerprint density at radius 1 is 1.17 bits per heavy atom. The van der Waals surface area contributed by atoms with E-state index in [4.69, 9.17) is 26.8 Å². The highest BCUT2D eigenvalue weighted by atomic mass is 35.5. The van der Waals surface area contributed by atoms with Crippen LogP contribution in [0.2, 0.25) is 5.02 Å². The standard InChI is InChI=1S/C26H28ClFN4O3/c27-22-3-1-4-23(28)21(22)17-35-24-15-20(16-31-25(24)29)18-5-7-19(8-6-18)26(33)30-9-2-10-32-11-13-34-14-12-32/h1,3-8,15-16H,2,9-14,17H2,(H2,29,31)(H,30,33). The van der Waals surface area contributed by atoms with Crippen LogP contribution in [-0.4, -0.2) is 55.2 Å². The maximum atomic E-state index is 14.0. The quantitative estimate of drug-likeness (QED) is 0.431. The lowest BCUT2D eigenvalue weighted by molar-refractivity contribution is 0.0374. The van der Waals surface area contributed by atoms with Crippen LogP contribution in [0.25, 0.3) is 11.1 Å². The average molecular weight is 499 g/mol. The van der Waals surface area contributed by atoms with Gasteiger partial charge in [-0.05, 0) is 48.9 Å². The Bertz CT molecular complexity index is 1130. The minimum absolute atomic E-state index is 0.0779. The first-order valence-corrected chi connectivity index (χ1v) is 11.9. The Balaban J connectivity index is 1.34. The van der Waals surface area contributed by atoms with Crippen LogP contribution in [0.4, 0.5) is 10.2 Å². The summed E-state index contributed by atoms with van der Waals surface area (Å²) in [6.07, 6.45) is 2.51. The number of nitrogens with zero attached hydrogens (tertiary/aromatic N) is 2. The molecule has 1 amide bonds. The van der Waals surface area contributed by atoms with Crippen molar-refractivity contribution in [3.63, 3.8) is 0 Å². The predicted molar refractivity (Wildman–Crippen MR) is 134 cm³/mol. The number of halogens is 2. The van der Waals surface area contributed by atoms with E-state index >= 15 is 0 Å². The van der Waals surface area contributed by atoms with Gasteiger partial charge in [0.05, 0.1) is 18.2 Å². The summed E-state index contributed by atoms with van der Waals surface area (Å²) in [5.41, 5.74) is 8.38. The van der Waals surface area contributed by atoms with E-state index in [1.807, 2.05) is 12.1 Å². The maximum absolute atomic E-state index is 14.0. The molecule has 7 nitrogen and oxygen atoms in total. The van der Waals surface area contributed by atoms with Gasteiger partial charge in [-0.25, -0.2) is 9.37 Å². The second-order valence-electron chi connectivity index (χ2n) is 8.24. The monoisotopic (exact) mass is 498 g/mol. The number of morpholine rings is 1. The first-order valence-electron chi connectivity index (χ1n) is 11.5. The van der Waals surface area contributed by atoms with Crippen LogP contribution in [-0.2, 0) is 11.3 Å². The lowest BCUT2D eigenvalue weighted by Crippen LogP contribution is -2.38. The summed E-state index contributed by atoms with van der Waals surface area (Å²) < 4.78 is 25.1. The highest BCUT2D eigenvalue weighted by molar-refractivity contribution is 6.31. The Morgan fingerprint density at radius 2 is 1.94 bits per heavy atom. The van der Waals surface area contributed by atoms with Gasteiger partial charge in [0.25, 0.3) is 5.91 Å². The van der Waals surface area contributed by atoms with Crippen molar-refractivity contribution in [2.45, 2.75) is 13.0 Å². The molecule has 1 aliphatic rings. The van der Waals surface area contributed by atoms with Gasteiger partial charge >= 0.3 is 0 Å².